The standard InChI is InChI=1S/C25H30FN3O2S/c1-25(2,3)29-23(18-5-7-19(26)8-6-18)22(16-28-29)24-27-15-21(32-24)14-20(30)9-4-17-10-12-31-13-11-17/h5-8,15-17H,4,9-14H2,1-3H3. The van der Waals surface area contributed by atoms with Gasteiger partial charge in [-0.3, -0.25) is 9.48 Å². The number of thiazole rings is 1. The molecule has 0 N–H and O–H groups in total. The summed E-state index contributed by atoms with van der Waals surface area (Å²) >= 11 is 1.53. The smallest absolute Gasteiger partial charge is 0.138 e. The van der Waals surface area contributed by atoms with Crippen LogP contribution in [-0.2, 0) is 21.5 Å². The molecule has 1 fully saturated rings. The van der Waals surface area contributed by atoms with Gasteiger partial charge in [-0.05, 0) is 70.2 Å². The largest absolute Gasteiger partial charge is 0.381 e. The second kappa shape index (κ2) is 9.63. The van der Waals surface area contributed by atoms with Crippen molar-refractivity contribution in [3.05, 3.63) is 47.4 Å². The SMILES string of the molecule is CC(C)(C)n1ncc(-c2ncc(CC(=O)CCC3CCOCC3)s2)c1-c1ccc(F)cc1. The summed E-state index contributed by atoms with van der Waals surface area (Å²) in [6.07, 6.45) is 7.71. The average molecular weight is 456 g/mol. The Morgan fingerprint density at radius 2 is 1.91 bits per heavy atom. The van der Waals surface area contributed by atoms with Crippen LogP contribution in [0, 0.1) is 11.7 Å². The number of benzene rings is 1. The quantitative estimate of drug-likeness (QED) is 0.446. The number of ketones is 1. The van der Waals surface area contributed by atoms with E-state index in [1.807, 2.05) is 10.9 Å². The molecule has 3 heterocycles. The molecule has 1 aliphatic rings. The number of rotatable bonds is 7. The van der Waals surface area contributed by atoms with E-state index in [0.29, 0.717) is 18.8 Å². The van der Waals surface area contributed by atoms with Gasteiger partial charge in [0.2, 0.25) is 0 Å². The van der Waals surface area contributed by atoms with Crippen molar-refractivity contribution in [2.75, 3.05) is 13.2 Å². The van der Waals surface area contributed by atoms with Gasteiger partial charge in [0.1, 0.15) is 16.6 Å². The Labute approximate surface area is 192 Å². The number of carbonyl (C=O) groups excluding carboxylic acids is 1. The molecule has 0 unspecified atom stereocenters. The van der Waals surface area contributed by atoms with Crippen LogP contribution in [0.25, 0.3) is 21.8 Å². The molecule has 0 aliphatic carbocycles. The lowest BCUT2D eigenvalue weighted by Gasteiger charge is -2.23. The van der Waals surface area contributed by atoms with Crippen LogP contribution < -0.4 is 0 Å². The number of halogens is 1. The molecule has 0 amide bonds. The fourth-order valence-corrected chi connectivity index (χ4v) is 5.05. The number of ether oxygens (including phenoxy) is 1. The van der Waals surface area contributed by atoms with E-state index in [2.05, 4.69) is 30.9 Å². The summed E-state index contributed by atoms with van der Waals surface area (Å²) in [7, 11) is 0. The van der Waals surface area contributed by atoms with Gasteiger partial charge >= 0.3 is 0 Å². The van der Waals surface area contributed by atoms with Crippen molar-refractivity contribution in [1.82, 2.24) is 14.8 Å². The predicted molar refractivity (Wildman–Crippen MR) is 125 cm³/mol. The number of Topliss-reactive ketones (excluding diaryl/α,β-unsaturated/α-hetero) is 1. The zero-order valence-corrected chi connectivity index (χ0v) is 19.8. The highest BCUT2D eigenvalue weighted by molar-refractivity contribution is 7.15. The molecular weight excluding hydrogens is 425 g/mol. The molecule has 1 aromatic carbocycles. The van der Waals surface area contributed by atoms with Crippen molar-refractivity contribution in [2.24, 2.45) is 5.92 Å². The molecule has 0 bridgehead atoms. The molecule has 1 aliphatic heterocycles. The lowest BCUT2D eigenvalue weighted by atomic mass is 9.93. The topological polar surface area (TPSA) is 57.0 Å². The minimum atomic E-state index is -0.270. The lowest BCUT2D eigenvalue weighted by Crippen LogP contribution is -2.24. The van der Waals surface area contributed by atoms with Gasteiger partial charge in [0.15, 0.2) is 0 Å². The van der Waals surface area contributed by atoms with Crippen LogP contribution >= 0.6 is 11.3 Å². The summed E-state index contributed by atoms with van der Waals surface area (Å²) in [4.78, 5) is 18.1. The van der Waals surface area contributed by atoms with Crippen molar-refractivity contribution >= 4 is 17.1 Å². The highest BCUT2D eigenvalue weighted by atomic mass is 32.1. The van der Waals surface area contributed by atoms with Crippen LogP contribution in [-0.4, -0.2) is 33.8 Å². The van der Waals surface area contributed by atoms with Crippen molar-refractivity contribution < 1.29 is 13.9 Å². The van der Waals surface area contributed by atoms with Crippen molar-refractivity contribution in [1.29, 1.82) is 0 Å². The molecule has 32 heavy (non-hydrogen) atoms. The van der Waals surface area contributed by atoms with Gasteiger partial charge in [-0.1, -0.05) is 0 Å². The van der Waals surface area contributed by atoms with Crippen LogP contribution in [0.5, 0.6) is 0 Å². The monoisotopic (exact) mass is 455 g/mol. The fourth-order valence-electron chi connectivity index (χ4n) is 4.10. The minimum absolute atomic E-state index is 0.248. The highest BCUT2D eigenvalue weighted by Gasteiger charge is 2.24. The molecular formula is C25H30FN3O2S. The van der Waals surface area contributed by atoms with E-state index >= 15 is 0 Å². The van der Waals surface area contributed by atoms with Crippen molar-refractivity contribution in [3.63, 3.8) is 0 Å². The molecule has 0 saturated carbocycles. The first kappa shape index (κ1) is 22.8. The molecule has 2 aromatic heterocycles. The number of hydrogen-bond acceptors (Lipinski definition) is 5. The first-order valence-corrected chi connectivity index (χ1v) is 12.0. The highest BCUT2D eigenvalue weighted by Crippen LogP contribution is 2.37. The molecule has 4 rings (SSSR count). The third-order valence-electron chi connectivity index (χ3n) is 5.85. The van der Waals surface area contributed by atoms with Crippen molar-refractivity contribution in [2.45, 2.75) is 58.4 Å². The zero-order chi connectivity index (χ0) is 22.7. The van der Waals surface area contributed by atoms with E-state index < -0.39 is 0 Å². The second-order valence-corrected chi connectivity index (χ2v) is 10.6. The molecule has 3 aromatic rings. The molecule has 7 heteroatoms. The maximum Gasteiger partial charge on any atom is 0.138 e. The lowest BCUT2D eigenvalue weighted by molar-refractivity contribution is -0.118. The van der Waals surface area contributed by atoms with Crippen LogP contribution in [0.2, 0.25) is 0 Å². The Balaban J connectivity index is 1.52. The molecule has 170 valence electrons. The average Bonchev–Trinajstić information content (AvgIpc) is 3.40. The number of aromatic nitrogens is 3. The van der Waals surface area contributed by atoms with Crippen LogP contribution in [0.4, 0.5) is 4.39 Å². The predicted octanol–water partition coefficient (Wildman–Crippen LogP) is 5.89. The number of carbonyl (C=O) groups is 1. The van der Waals surface area contributed by atoms with E-state index in [9.17, 15) is 9.18 Å². The van der Waals surface area contributed by atoms with E-state index in [-0.39, 0.29) is 17.1 Å². The number of hydrogen-bond donors (Lipinski definition) is 0. The Kier molecular flexibility index (Phi) is 6.86. The maximum absolute atomic E-state index is 13.5. The van der Waals surface area contributed by atoms with E-state index in [0.717, 1.165) is 59.2 Å². The molecule has 1 saturated heterocycles. The summed E-state index contributed by atoms with van der Waals surface area (Å²) in [6.45, 7) is 7.88. The normalized spacial score (nSPS) is 15.2. The first-order valence-electron chi connectivity index (χ1n) is 11.2. The summed E-state index contributed by atoms with van der Waals surface area (Å²) in [5, 5.41) is 5.45. The molecule has 5 nitrogen and oxygen atoms in total. The first-order chi connectivity index (χ1) is 15.3. The van der Waals surface area contributed by atoms with Crippen molar-refractivity contribution in [3.8, 4) is 21.8 Å². The Bertz CT molecular complexity index is 1060. The molecule has 0 spiro atoms. The van der Waals surface area contributed by atoms with Gasteiger partial charge in [0.05, 0.1) is 23.0 Å². The summed E-state index contributed by atoms with van der Waals surface area (Å²) in [5.74, 6) is 0.593. The van der Waals surface area contributed by atoms with Crippen LogP contribution in [0.3, 0.4) is 0 Å². The Morgan fingerprint density at radius 1 is 1.19 bits per heavy atom. The van der Waals surface area contributed by atoms with Gasteiger partial charge in [-0.15, -0.1) is 11.3 Å². The summed E-state index contributed by atoms with van der Waals surface area (Å²) in [6, 6.07) is 6.46. The zero-order valence-electron chi connectivity index (χ0n) is 18.9. The van der Waals surface area contributed by atoms with Crippen LogP contribution in [0.15, 0.2) is 36.7 Å². The third-order valence-corrected chi connectivity index (χ3v) is 6.88. The van der Waals surface area contributed by atoms with E-state index in [4.69, 9.17) is 4.74 Å². The maximum atomic E-state index is 13.5. The van der Waals surface area contributed by atoms with Gasteiger partial charge in [-0.2, -0.15) is 5.10 Å². The minimum Gasteiger partial charge on any atom is -0.381 e. The van der Waals surface area contributed by atoms with Gasteiger partial charge in [0.25, 0.3) is 0 Å². The fraction of sp³-hybridized carbons (Fsp3) is 0.480. The van der Waals surface area contributed by atoms with Gasteiger partial charge < -0.3 is 4.74 Å². The molecule has 0 atom stereocenters. The molecule has 0 radical (unpaired) electrons. The van der Waals surface area contributed by atoms with E-state index in [1.54, 1.807) is 18.3 Å². The third kappa shape index (κ3) is 5.33. The van der Waals surface area contributed by atoms with Crippen LogP contribution in [0.1, 0.15) is 51.3 Å². The van der Waals surface area contributed by atoms with Gasteiger partial charge in [0, 0.05) is 42.7 Å². The summed E-state index contributed by atoms with van der Waals surface area (Å²) in [5.41, 5.74) is 2.45. The van der Waals surface area contributed by atoms with E-state index in [1.165, 1.54) is 23.5 Å². The Morgan fingerprint density at radius 3 is 2.59 bits per heavy atom. The second-order valence-electron chi connectivity index (χ2n) is 9.44. The number of nitrogens with zero attached hydrogens (tertiary/aromatic N) is 3. The summed E-state index contributed by atoms with van der Waals surface area (Å²) < 4.78 is 20.9. The Hall–Kier alpha value is -2.38. The van der Waals surface area contributed by atoms with Gasteiger partial charge in [-0.25, -0.2) is 9.37 Å².